The van der Waals surface area contributed by atoms with Gasteiger partial charge in [-0.15, -0.1) is 0 Å². The van der Waals surface area contributed by atoms with E-state index in [2.05, 4.69) is 16.0 Å². The molecule has 114 valence electrons. The maximum Gasteiger partial charge on any atom is 0.313 e. The van der Waals surface area contributed by atoms with Crippen LogP contribution in [0.25, 0.3) is 0 Å². The Kier molecular flexibility index (Phi) is 7.03. The predicted molar refractivity (Wildman–Crippen MR) is 78.3 cm³/mol. The summed E-state index contributed by atoms with van der Waals surface area (Å²) in [5.41, 5.74) is 0.313. The van der Waals surface area contributed by atoms with E-state index in [1.54, 1.807) is 12.1 Å². The Morgan fingerprint density at radius 3 is 2.71 bits per heavy atom. The number of methoxy groups -OCH3 is 1. The molecule has 0 spiro atoms. The van der Waals surface area contributed by atoms with E-state index < -0.39 is 11.8 Å². The van der Waals surface area contributed by atoms with Crippen molar-refractivity contribution in [2.45, 2.75) is 6.42 Å². The van der Waals surface area contributed by atoms with E-state index in [1.807, 2.05) is 0 Å². The minimum absolute atomic E-state index is 0.278. The Bertz CT molecular complexity index is 522. The van der Waals surface area contributed by atoms with Gasteiger partial charge < -0.3 is 20.7 Å². The number of carbonyl (C=O) groups is 3. The number of anilines is 1. The van der Waals surface area contributed by atoms with Crippen molar-refractivity contribution >= 4 is 35.5 Å². The van der Waals surface area contributed by atoms with Crippen LogP contribution in [0.2, 0.25) is 5.02 Å². The first kappa shape index (κ1) is 16.8. The number of hydrogen-bond acceptors (Lipinski definition) is 4. The second kappa shape index (κ2) is 8.80. The van der Waals surface area contributed by atoms with Gasteiger partial charge in [0, 0.05) is 18.1 Å². The maximum atomic E-state index is 11.7. The molecule has 0 atom stereocenters. The fourth-order valence-corrected chi connectivity index (χ4v) is 1.66. The number of halogens is 1. The smallest absolute Gasteiger partial charge is 0.313 e. The molecule has 0 fully saturated rings. The van der Waals surface area contributed by atoms with Gasteiger partial charge in [0.1, 0.15) is 5.75 Å². The van der Waals surface area contributed by atoms with E-state index in [0.717, 1.165) is 0 Å². The Hall–Kier alpha value is -2.28. The van der Waals surface area contributed by atoms with Gasteiger partial charge in [-0.1, -0.05) is 11.6 Å². The molecule has 3 N–H and O–H groups in total. The molecule has 1 rings (SSSR count). The highest BCUT2D eigenvalue weighted by atomic mass is 35.5. The third-order valence-corrected chi connectivity index (χ3v) is 2.72. The van der Waals surface area contributed by atoms with Gasteiger partial charge in [0.15, 0.2) is 0 Å². The zero-order valence-electron chi connectivity index (χ0n) is 11.4. The third-order valence-electron chi connectivity index (χ3n) is 2.48. The Labute approximate surface area is 127 Å². The molecule has 0 aliphatic heterocycles. The van der Waals surface area contributed by atoms with E-state index in [1.165, 1.54) is 13.2 Å². The van der Waals surface area contributed by atoms with Crippen molar-refractivity contribution in [3.05, 3.63) is 23.2 Å². The largest absolute Gasteiger partial charge is 0.495 e. The lowest BCUT2D eigenvalue weighted by Gasteiger charge is -2.10. The summed E-state index contributed by atoms with van der Waals surface area (Å²) in [6, 6.07) is 4.68. The number of rotatable bonds is 7. The number of carbonyl (C=O) groups excluding carboxylic acids is 3. The molecule has 8 heteroatoms. The summed E-state index contributed by atoms with van der Waals surface area (Å²) in [6.45, 7) is 0.702. The topological polar surface area (TPSA) is 96.5 Å². The zero-order chi connectivity index (χ0) is 15.7. The zero-order valence-corrected chi connectivity index (χ0v) is 12.2. The summed E-state index contributed by atoms with van der Waals surface area (Å²) in [5.74, 6) is -1.20. The highest BCUT2D eigenvalue weighted by Crippen LogP contribution is 2.27. The van der Waals surface area contributed by atoms with Crippen molar-refractivity contribution < 1.29 is 19.1 Å². The summed E-state index contributed by atoms with van der Waals surface area (Å²) in [7, 11) is 1.44. The lowest BCUT2D eigenvalue weighted by molar-refractivity contribution is -0.136. The Balaban J connectivity index is 2.50. The molecule has 0 aromatic heterocycles. The average Bonchev–Trinajstić information content (AvgIpc) is 2.47. The van der Waals surface area contributed by atoms with Gasteiger partial charge in [-0.05, 0) is 24.6 Å². The SMILES string of the molecule is COc1ccc(Cl)cc1NC(=O)C(=O)NCCCNC=O. The molecule has 0 radical (unpaired) electrons. The maximum absolute atomic E-state index is 11.7. The molecule has 0 saturated heterocycles. The predicted octanol–water partition coefficient (Wildman–Crippen LogP) is 0.539. The number of benzene rings is 1. The van der Waals surface area contributed by atoms with Crippen LogP contribution in [0.4, 0.5) is 5.69 Å². The van der Waals surface area contributed by atoms with E-state index in [0.29, 0.717) is 35.8 Å². The summed E-state index contributed by atoms with van der Waals surface area (Å²) in [6.07, 6.45) is 1.10. The average molecular weight is 314 g/mol. The lowest BCUT2D eigenvalue weighted by atomic mass is 10.3. The van der Waals surface area contributed by atoms with Crippen molar-refractivity contribution in [1.82, 2.24) is 10.6 Å². The van der Waals surface area contributed by atoms with Crippen molar-refractivity contribution in [2.24, 2.45) is 0 Å². The number of hydrogen-bond donors (Lipinski definition) is 3. The number of amides is 3. The lowest BCUT2D eigenvalue weighted by Crippen LogP contribution is -2.36. The van der Waals surface area contributed by atoms with Gasteiger partial charge in [-0.25, -0.2) is 0 Å². The minimum Gasteiger partial charge on any atom is -0.495 e. The normalized spacial score (nSPS) is 9.62. The van der Waals surface area contributed by atoms with Crippen molar-refractivity contribution in [3.8, 4) is 5.75 Å². The Morgan fingerprint density at radius 1 is 1.29 bits per heavy atom. The molecule has 0 aliphatic rings. The monoisotopic (exact) mass is 313 g/mol. The van der Waals surface area contributed by atoms with Crippen LogP contribution in [-0.4, -0.2) is 38.4 Å². The van der Waals surface area contributed by atoms with Gasteiger partial charge >= 0.3 is 11.8 Å². The van der Waals surface area contributed by atoms with Crippen molar-refractivity contribution in [3.63, 3.8) is 0 Å². The summed E-state index contributed by atoms with van der Waals surface area (Å²) in [5, 5.41) is 7.71. The Morgan fingerprint density at radius 2 is 2.05 bits per heavy atom. The van der Waals surface area contributed by atoms with Crippen LogP contribution in [0.1, 0.15) is 6.42 Å². The molecule has 1 aromatic carbocycles. The quantitative estimate of drug-likeness (QED) is 0.389. The van der Waals surface area contributed by atoms with Gasteiger partial charge in [-0.3, -0.25) is 14.4 Å². The van der Waals surface area contributed by atoms with E-state index in [4.69, 9.17) is 16.3 Å². The molecule has 0 unspecified atom stereocenters. The van der Waals surface area contributed by atoms with Crippen LogP contribution in [0.5, 0.6) is 5.75 Å². The molecule has 0 saturated carbocycles. The van der Waals surface area contributed by atoms with Crippen LogP contribution in [-0.2, 0) is 14.4 Å². The van der Waals surface area contributed by atoms with Gasteiger partial charge in [-0.2, -0.15) is 0 Å². The van der Waals surface area contributed by atoms with Crippen LogP contribution < -0.4 is 20.7 Å². The van der Waals surface area contributed by atoms with Crippen molar-refractivity contribution in [1.29, 1.82) is 0 Å². The molecule has 3 amide bonds. The second-order valence-corrected chi connectivity index (χ2v) is 4.42. The van der Waals surface area contributed by atoms with Crippen LogP contribution in [0.15, 0.2) is 18.2 Å². The van der Waals surface area contributed by atoms with E-state index >= 15 is 0 Å². The molecule has 0 aliphatic carbocycles. The first-order valence-electron chi connectivity index (χ1n) is 6.18. The van der Waals surface area contributed by atoms with Crippen LogP contribution in [0.3, 0.4) is 0 Å². The standard InChI is InChI=1S/C13H16ClN3O4/c1-21-11-4-3-9(14)7-10(11)17-13(20)12(19)16-6-2-5-15-8-18/h3-4,7-8H,2,5-6H2,1H3,(H,15,18)(H,16,19)(H,17,20). The molecule has 21 heavy (non-hydrogen) atoms. The highest BCUT2D eigenvalue weighted by Gasteiger charge is 2.15. The fraction of sp³-hybridized carbons (Fsp3) is 0.308. The summed E-state index contributed by atoms with van der Waals surface area (Å²) < 4.78 is 5.06. The number of nitrogens with one attached hydrogen (secondary N) is 3. The molecule has 1 aromatic rings. The third kappa shape index (κ3) is 5.70. The van der Waals surface area contributed by atoms with E-state index in [-0.39, 0.29) is 6.54 Å². The molecular formula is C13H16ClN3O4. The van der Waals surface area contributed by atoms with Gasteiger partial charge in [0.2, 0.25) is 6.41 Å². The highest BCUT2D eigenvalue weighted by molar-refractivity contribution is 6.40. The fourth-order valence-electron chi connectivity index (χ4n) is 1.49. The second-order valence-electron chi connectivity index (χ2n) is 3.98. The van der Waals surface area contributed by atoms with Crippen molar-refractivity contribution in [2.75, 3.05) is 25.5 Å². The van der Waals surface area contributed by atoms with Crippen LogP contribution >= 0.6 is 11.6 Å². The summed E-state index contributed by atoms with van der Waals surface area (Å²) >= 11 is 5.83. The molecular weight excluding hydrogens is 298 g/mol. The first-order chi connectivity index (χ1) is 10.1. The molecule has 7 nitrogen and oxygen atoms in total. The summed E-state index contributed by atoms with van der Waals surface area (Å²) in [4.78, 5) is 33.3. The van der Waals surface area contributed by atoms with Crippen LogP contribution in [0, 0.1) is 0 Å². The first-order valence-corrected chi connectivity index (χ1v) is 6.56. The number of ether oxygens (including phenoxy) is 1. The van der Waals surface area contributed by atoms with E-state index in [9.17, 15) is 14.4 Å². The molecule has 0 bridgehead atoms. The van der Waals surface area contributed by atoms with Gasteiger partial charge in [0.05, 0.1) is 12.8 Å². The minimum atomic E-state index is -0.820. The molecule has 0 heterocycles. The van der Waals surface area contributed by atoms with Gasteiger partial charge in [0.25, 0.3) is 0 Å².